The molecule has 0 radical (unpaired) electrons. The lowest BCUT2D eigenvalue weighted by Gasteiger charge is -2.32. The number of piperidine rings is 1. The molecule has 2 unspecified atom stereocenters. The van der Waals surface area contributed by atoms with Gasteiger partial charge in [-0.05, 0) is 56.4 Å². The Morgan fingerprint density at radius 1 is 1.26 bits per heavy atom. The number of rotatable bonds is 8. The second-order valence-corrected chi connectivity index (χ2v) is 9.84. The first kappa shape index (κ1) is 23.2. The molecule has 1 N–H and O–H groups in total. The largest absolute Gasteiger partial charge is 0.495 e. The standard InChI is InChI=1S/C23H29FN2O4S/c1-17(10-11-18-7-4-3-5-8-18)25-23(27)19-9-6-14-26(16-19)31(28,29)22-15-20(24)12-13-21(22)30-2/h3-5,7-8,12-13,15,17,19H,6,9-11,14,16H2,1-2H3,(H,25,27). The van der Waals surface area contributed by atoms with Crippen molar-refractivity contribution in [2.75, 3.05) is 20.2 Å². The number of hydrogen-bond acceptors (Lipinski definition) is 4. The molecule has 0 saturated carbocycles. The molecule has 0 aliphatic carbocycles. The summed E-state index contributed by atoms with van der Waals surface area (Å²) in [5, 5.41) is 3.02. The van der Waals surface area contributed by atoms with Crippen LogP contribution in [0.3, 0.4) is 0 Å². The Morgan fingerprint density at radius 3 is 2.71 bits per heavy atom. The van der Waals surface area contributed by atoms with Crippen LogP contribution in [0.25, 0.3) is 0 Å². The summed E-state index contributed by atoms with van der Waals surface area (Å²) < 4.78 is 46.3. The Kier molecular flexibility index (Phi) is 7.67. The minimum absolute atomic E-state index is 0.0250. The third kappa shape index (κ3) is 5.83. The van der Waals surface area contributed by atoms with E-state index in [0.717, 1.165) is 25.0 Å². The quantitative estimate of drug-likeness (QED) is 0.672. The van der Waals surface area contributed by atoms with Crippen molar-refractivity contribution >= 4 is 15.9 Å². The maximum atomic E-state index is 13.7. The number of hydrogen-bond donors (Lipinski definition) is 1. The van der Waals surface area contributed by atoms with Gasteiger partial charge in [-0.25, -0.2) is 12.8 Å². The number of ether oxygens (including phenoxy) is 1. The van der Waals surface area contributed by atoms with Crippen molar-refractivity contribution in [1.29, 1.82) is 0 Å². The molecule has 0 aromatic heterocycles. The number of benzene rings is 2. The molecule has 1 fully saturated rings. The van der Waals surface area contributed by atoms with Crippen molar-refractivity contribution in [3.63, 3.8) is 0 Å². The van der Waals surface area contributed by atoms with Crippen LogP contribution in [0.15, 0.2) is 53.4 Å². The van der Waals surface area contributed by atoms with Gasteiger partial charge < -0.3 is 10.1 Å². The predicted molar refractivity (Wildman–Crippen MR) is 117 cm³/mol. The number of carbonyl (C=O) groups is 1. The van der Waals surface area contributed by atoms with E-state index in [2.05, 4.69) is 17.4 Å². The monoisotopic (exact) mass is 448 g/mol. The van der Waals surface area contributed by atoms with Crippen molar-refractivity contribution in [3.05, 3.63) is 59.9 Å². The van der Waals surface area contributed by atoms with E-state index in [-0.39, 0.29) is 35.7 Å². The van der Waals surface area contributed by atoms with E-state index >= 15 is 0 Å². The summed E-state index contributed by atoms with van der Waals surface area (Å²) in [6, 6.07) is 13.4. The number of nitrogens with zero attached hydrogens (tertiary/aromatic N) is 1. The second kappa shape index (κ2) is 10.2. The first-order chi connectivity index (χ1) is 14.8. The van der Waals surface area contributed by atoms with Crippen LogP contribution in [0.4, 0.5) is 4.39 Å². The van der Waals surface area contributed by atoms with Gasteiger partial charge in [0.05, 0.1) is 13.0 Å². The molecule has 2 aromatic carbocycles. The van der Waals surface area contributed by atoms with Crippen LogP contribution in [0, 0.1) is 11.7 Å². The van der Waals surface area contributed by atoms with Crippen LogP contribution < -0.4 is 10.1 Å². The van der Waals surface area contributed by atoms with Crippen molar-refractivity contribution in [1.82, 2.24) is 9.62 Å². The number of methoxy groups -OCH3 is 1. The lowest BCUT2D eigenvalue weighted by Crippen LogP contribution is -2.47. The molecule has 6 nitrogen and oxygen atoms in total. The molecule has 1 saturated heterocycles. The summed E-state index contributed by atoms with van der Waals surface area (Å²) in [5.41, 5.74) is 1.21. The van der Waals surface area contributed by atoms with E-state index in [1.165, 1.54) is 23.0 Å². The Hall–Kier alpha value is -2.45. The number of sulfonamides is 1. The Bertz CT molecular complexity index is 998. The molecular formula is C23H29FN2O4S. The van der Waals surface area contributed by atoms with Gasteiger partial charge in [0.2, 0.25) is 15.9 Å². The zero-order valence-corrected chi connectivity index (χ0v) is 18.7. The highest BCUT2D eigenvalue weighted by Gasteiger charge is 2.35. The lowest BCUT2D eigenvalue weighted by molar-refractivity contribution is -0.126. The van der Waals surface area contributed by atoms with Crippen LogP contribution in [0.1, 0.15) is 31.7 Å². The van der Waals surface area contributed by atoms with Gasteiger partial charge in [0.25, 0.3) is 0 Å². The molecule has 1 amide bonds. The normalized spacial score (nSPS) is 18.4. The van der Waals surface area contributed by atoms with E-state index in [9.17, 15) is 17.6 Å². The molecule has 1 aliphatic rings. The van der Waals surface area contributed by atoms with Crippen molar-refractivity contribution in [3.8, 4) is 5.75 Å². The van der Waals surface area contributed by atoms with Gasteiger partial charge in [0, 0.05) is 19.1 Å². The minimum Gasteiger partial charge on any atom is -0.495 e. The zero-order valence-electron chi connectivity index (χ0n) is 17.9. The summed E-state index contributed by atoms with van der Waals surface area (Å²) in [7, 11) is -2.64. The molecule has 2 aromatic rings. The Labute approximate surface area is 183 Å². The van der Waals surface area contributed by atoms with Crippen LogP contribution in [-0.2, 0) is 21.2 Å². The third-order valence-electron chi connectivity index (χ3n) is 5.60. The van der Waals surface area contributed by atoms with E-state index < -0.39 is 21.8 Å². The number of carbonyl (C=O) groups excluding carboxylic acids is 1. The molecule has 1 aliphatic heterocycles. The van der Waals surface area contributed by atoms with Crippen LogP contribution in [-0.4, -0.2) is 44.9 Å². The second-order valence-electron chi connectivity index (χ2n) is 7.93. The summed E-state index contributed by atoms with van der Waals surface area (Å²) in [6.07, 6.45) is 2.83. The van der Waals surface area contributed by atoms with Crippen molar-refractivity contribution in [2.24, 2.45) is 5.92 Å². The molecule has 1 heterocycles. The van der Waals surface area contributed by atoms with Crippen LogP contribution in [0.5, 0.6) is 5.75 Å². The fourth-order valence-electron chi connectivity index (χ4n) is 3.83. The number of aryl methyl sites for hydroxylation is 1. The average Bonchev–Trinajstić information content (AvgIpc) is 2.78. The molecule has 0 spiro atoms. The average molecular weight is 449 g/mol. The molecule has 168 valence electrons. The highest BCUT2D eigenvalue weighted by molar-refractivity contribution is 7.89. The topological polar surface area (TPSA) is 75.7 Å². The van der Waals surface area contributed by atoms with Crippen LogP contribution >= 0.6 is 0 Å². The Morgan fingerprint density at radius 2 is 2.00 bits per heavy atom. The van der Waals surface area contributed by atoms with E-state index in [1.807, 2.05) is 25.1 Å². The van der Waals surface area contributed by atoms with Gasteiger partial charge in [-0.15, -0.1) is 0 Å². The summed E-state index contributed by atoms with van der Waals surface area (Å²) in [5.74, 6) is -1.16. The first-order valence-electron chi connectivity index (χ1n) is 10.5. The molecule has 3 rings (SSSR count). The van der Waals surface area contributed by atoms with Gasteiger partial charge in [0.15, 0.2) is 0 Å². The number of amides is 1. The van der Waals surface area contributed by atoms with Gasteiger partial charge >= 0.3 is 0 Å². The minimum atomic E-state index is -3.98. The van der Waals surface area contributed by atoms with Crippen molar-refractivity contribution < 1.29 is 22.3 Å². The molecule has 0 bridgehead atoms. The number of nitrogens with one attached hydrogen (secondary N) is 1. The zero-order chi connectivity index (χ0) is 22.4. The Balaban J connectivity index is 1.63. The first-order valence-corrected chi connectivity index (χ1v) is 11.9. The van der Waals surface area contributed by atoms with Gasteiger partial charge in [-0.1, -0.05) is 30.3 Å². The SMILES string of the molecule is COc1ccc(F)cc1S(=O)(=O)N1CCCC(C(=O)NC(C)CCc2ccccc2)C1. The highest BCUT2D eigenvalue weighted by atomic mass is 32.2. The van der Waals surface area contributed by atoms with Gasteiger partial charge in [-0.2, -0.15) is 4.31 Å². The molecule has 8 heteroatoms. The molecule has 31 heavy (non-hydrogen) atoms. The fraction of sp³-hybridized carbons (Fsp3) is 0.435. The predicted octanol–water partition coefficient (Wildman–Crippen LogP) is 3.37. The summed E-state index contributed by atoms with van der Waals surface area (Å²) in [6.45, 7) is 2.31. The van der Waals surface area contributed by atoms with Gasteiger partial charge in [0.1, 0.15) is 16.5 Å². The highest BCUT2D eigenvalue weighted by Crippen LogP contribution is 2.30. The van der Waals surface area contributed by atoms with E-state index in [1.54, 1.807) is 0 Å². The lowest BCUT2D eigenvalue weighted by atomic mass is 9.98. The van der Waals surface area contributed by atoms with Crippen LogP contribution in [0.2, 0.25) is 0 Å². The molecular weight excluding hydrogens is 419 g/mol. The van der Waals surface area contributed by atoms with Gasteiger partial charge in [-0.3, -0.25) is 4.79 Å². The summed E-state index contributed by atoms with van der Waals surface area (Å²) in [4.78, 5) is 12.6. The number of halogens is 1. The fourth-order valence-corrected chi connectivity index (χ4v) is 5.52. The smallest absolute Gasteiger partial charge is 0.246 e. The van der Waals surface area contributed by atoms with Crippen molar-refractivity contribution in [2.45, 2.75) is 43.5 Å². The third-order valence-corrected chi connectivity index (χ3v) is 7.48. The maximum Gasteiger partial charge on any atom is 0.246 e. The molecule has 2 atom stereocenters. The summed E-state index contributed by atoms with van der Waals surface area (Å²) >= 11 is 0. The van der Waals surface area contributed by atoms with E-state index in [4.69, 9.17) is 4.74 Å². The van der Waals surface area contributed by atoms with E-state index in [0.29, 0.717) is 12.8 Å². The maximum absolute atomic E-state index is 13.7.